The minimum absolute atomic E-state index is 0.0342. The standard InChI is InChI=1S/C16H18ClN3O4S/c1-20(11-8-9-25(22,23)10-11)15(21)7-6-14-18-19-16(24-14)12-4-2-3-5-13(12)17/h2-5,11H,6-10H2,1H3. The van der Waals surface area contributed by atoms with Gasteiger partial charge in [-0.05, 0) is 18.6 Å². The summed E-state index contributed by atoms with van der Waals surface area (Å²) in [6.45, 7) is 0. The zero-order valence-electron chi connectivity index (χ0n) is 13.7. The number of carbonyl (C=O) groups excluding carboxylic acids is 1. The topological polar surface area (TPSA) is 93.4 Å². The summed E-state index contributed by atoms with van der Waals surface area (Å²) in [5.41, 5.74) is 0.641. The summed E-state index contributed by atoms with van der Waals surface area (Å²) in [5.74, 6) is 0.686. The summed E-state index contributed by atoms with van der Waals surface area (Å²) in [5, 5.41) is 8.42. The Morgan fingerprint density at radius 2 is 2.12 bits per heavy atom. The van der Waals surface area contributed by atoms with Crippen molar-refractivity contribution in [3.63, 3.8) is 0 Å². The van der Waals surface area contributed by atoms with Gasteiger partial charge in [0.05, 0.1) is 22.1 Å². The van der Waals surface area contributed by atoms with Crippen LogP contribution in [0.2, 0.25) is 5.02 Å². The second-order valence-electron chi connectivity index (χ2n) is 6.04. The molecule has 2 heterocycles. The van der Waals surface area contributed by atoms with Crippen molar-refractivity contribution >= 4 is 27.3 Å². The van der Waals surface area contributed by atoms with Gasteiger partial charge < -0.3 is 9.32 Å². The van der Waals surface area contributed by atoms with Crippen LogP contribution in [0.5, 0.6) is 0 Å². The fourth-order valence-electron chi connectivity index (χ4n) is 2.77. The quantitative estimate of drug-likeness (QED) is 0.783. The van der Waals surface area contributed by atoms with E-state index in [2.05, 4.69) is 10.2 Å². The van der Waals surface area contributed by atoms with E-state index in [0.717, 1.165) is 0 Å². The van der Waals surface area contributed by atoms with E-state index in [1.54, 1.807) is 25.2 Å². The average molecular weight is 384 g/mol. The third kappa shape index (κ3) is 4.19. The third-order valence-corrected chi connectivity index (χ3v) is 6.35. The van der Waals surface area contributed by atoms with Gasteiger partial charge in [0.1, 0.15) is 0 Å². The second kappa shape index (κ2) is 7.13. The summed E-state index contributed by atoms with van der Waals surface area (Å²) < 4.78 is 28.6. The lowest BCUT2D eigenvalue weighted by Gasteiger charge is -2.23. The Hall–Kier alpha value is -1.93. The van der Waals surface area contributed by atoms with Crippen molar-refractivity contribution in [2.45, 2.75) is 25.3 Å². The molecule has 0 N–H and O–H groups in total. The molecule has 1 amide bonds. The predicted octanol–water partition coefficient (Wildman–Crippen LogP) is 1.97. The van der Waals surface area contributed by atoms with E-state index in [0.29, 0.717) is 35.2 Å². The summed E-state index contributed by atoms with van der Waals surface area (Å²) >= 11 is 6.10. The highest BCUT2D eigenvalue weighted by Gasteiger charge is 2.32. The van der Waals surface area contributed by atoms with Crippen LogP contribution in [0.25, 0.3) is 11.5 Å². The predicted molar refractivity (Wildman–Crippen MR) is 92.9 cm³/mol. The zero-order chi connectivity index (χ0) is 18.0. The molecule has 134 valence electrons. The van der Waals surface area contributed by atoms with Crippen LogP contribution in [0.15, 0.2) is 28.7 Å². The van der Waals surface area contributed by atoms with Gasteiger partial charge in [0.2, 0.25) is 17.7 Å². The molecule has 0 aliphatic carbocycles. The van der Waals surface area contributed by atoms with Crippen LogP contribution in [0, 0.1) is 0 Å². The fraction of sp³-hybridized carbons (Fsp3) is 0.438. The molecular formula is C16H18ClN3O4S. The Morgan fingerprint density at radius 3 is 2.80 bits per heavy atom. The number of carbonyl (C=O) groups is 1. The maximum absolute atomic E-state index is 12.3. The molecule has 25 heavy (non-hydrogen) atoms. The molecule has 1 saturated heterocycles. The Bertz CT molecular complexity index is 881. The molecule has 1 fully saturated rings. The van der Waals surface area contributed by atoms with Crippen LogP contribution in [0.3, 0.4) is 0 Å². The Morgan fingerprint density at radius 1 is 1.36 bits per heavy atom. The van der Waals surface area contributed by atoms with E-state index < -0.39 is 9.84 Å². The third-order valence-electron chi connectivity index (χ3n) is 4.27. The number of aryl methyl sites for hydroxylation is 1. The first-order valence-electron chi connectivity index (χ1n) is 7.89. The van der Waals surface area contributed by atoms with Crippen LogP contribution in [0.4, 0.5) is 0 Å². The molecule has 0 radical (unpaired) electrons. The van der Waals surface area contributed by atoms with Gasteiger partial charge >= 0.3 is 0 Å². The molecule has 3 rings (SSSR count). The maximum Gasteiger partial charge on any atom is 0.249 e. The number of halogens is 1. The van der Waals surface area contributed by atoms with Gasteiger partial charge in [0.15, 0.2) is 9.84 Å². The number of hydrogen-bond acceptors (Lipinski definition) is 6. The maximum atomic E-state index is 12.3. The van der Waals surface area contributed by atoms with Gasteiger partial charge in [-0.1, -0.05) is 23.7 Å². The summed E-state index contributed by atoms with van der Waals surface area (Å²) in [6, 6.07) is 6.88. The number of nitrogens with zero attached hydrogens (tertiary/aromatic N) is 3. The molecule has 0 saturated carbocycles. The molecule has 1 atom stereocenters. The van der Waals surface area contributed by atoms with E-state index in [9.17, 15) is 13.2 Å². The van der Waals surface area contributed by atoms with Gasteiger partial charge in [0.25, 0.3) is 0 Å². The summed E-state index contributed by atoms with van der Waals surface area (Å²) in [4.78, 5) is 13.8. The van der Waals surface area contributed by atoms with Crippen LogP contribution >= 0.6 is 11.6 Å². The molecule has 2 aromatic rings. The summed E-state index contributed by atoms with van der Waals surface area (Å²) in [6.07, 6.45) is 0.957. The van der Waals surface area contributed by atoms with Crippen molar-refractivity contribution in [3.05, 3.63) is 35.2 Å². The van der Waals surface area contributed by atoms with Gasteiger partial charge in [0, 0.05) is 25.9 Å². The number of rotatable bonds is 5. The van der Waals surface area contributed by atoms with Crippen molar-refractivity contribution in [2.75, 3.05) is 18.6 Å². The summed E-state index contributed by atoms with van der Waals surface area (Å²) in [7, 11) is -1.38. The minimum Gasteiger partial charge on any atom is -0.421 e. The number of amides is 1. The monoisotopic (exact) mass is 383 g/mol. The lowest BCUT2D eigenvalue weighted by molar-refractivity contribution is -0.131. The van der Waals surface area contributed by atoms with Crippen molar-refractivity contribution in [3.8, 4) is 11.5 Å². The average Bonchev–Trinajstić information content (AvgIpc) is 3.18. The molecule has 1 unspecified atom stereocenters. The molecular weight excluding hydrogens is 366 g/mol. The van der Waals surface area contributed by atoms with Gasteiger partial charge in [-0.15, -0.1) is 10.2 Å². The fourth-order valence-corrected chi connectivity index (χ4v) is 4.76. The zero-order valence-corrected chi connectivity index (χ0v) is 15.3. The molecule has 0 spiro atoms. The van der Waals surface area contributed by atoms with Gasteiger partial charge in [-0.3, -0.25) is 4.79 Å². The highest BCUT2D eigenvalue weighted by molar-refractivity contribution is 7.91. The van der Waals surface area contributed by atoms with Crippen molar-refractivity contribution in [1.82, 2.24) is 15.1 Å². The molecule has 1 aromatic carbocycles. The number of benzene rings is 1. The second-order valence-corrected chi connectivity index (χ2v) is 8.68. The van der Waals surface area contributed by atoms with Crippen LogP contribution in [-0.4, -0.2) is 54.0 Å². The highest BCUT2D eigenvalue weighted by Crippen LogP contribution is 2.26. The van der Waals surface area contributed by atoms with E-state index in [1.807, 2.05) is 6.07 Å². The van der Waals surface area contributed by atoms with Crippen LogP contribution in [0.1, 0.15) is 18.7 Å². The van der Waals surface area contributed by atoms with Crippen molar-refractivity contribution < 1.29 is 17.6 Å². The number of aromatic nitrogens is 2. The van der Waals surface area contributed by atoms with E-state index in [-0.39, 0.29) is 29.9 Å². The van der Waals surface area contributed by atoms with E-state index >= 15 is 0 Å². The van der Waals surface area contributed by atoms with Crippen molar-refractivity contribution in [2.24, 2.45) is 0 Å². The number of sulfone groups is 1. The molecule has 1 aromatic heterocycles. The smallest absolute Gasteiger partial charge is 0.249 e. The first-order valence-corrected chi connectivity index (χ1v) is 10.1. The Labute approximate surface area is 150 Å². The first kappa shape index (κ1) is 17.9. The Balaban J connectivity index is 1.59. The minimum atomic E-state index is -3.02. The van der Waals surface area contributed by atoms with Gasteiger partial charge in [-0.2, -0.15) is 0 Å². The van der Waals surface area contributed by atoms with Crippen LogP contribution in [-0.2, 0) is 21.1 Å². The molecule has 9 heteroatoms. The first-order chi connectivity index (χ1) is 11.9. The lowest BCUT2D eigenvalue weighted by Crippen LogP contribution is -2.37. The lowest BCUT2D eigenvalue weighted by atomic mass is 10.2. The van der Waals surface area contributed by atoms with E-state index in [1.165, 1.54) is 4.90 Å². The largest absolute Gasteiger partial charge is 0.421 e. The van der Waals surface area contributed by atoms with Crippen LogP contribution < -0.4 is 0 Å². The highest BCUT2D eigenvalue weighted by atomic mass is 35.5. The Kier molecular flexibility index (Phi) is 5.10. The van der Waals surface area contributed by atoms with E-state index in [4.69, 9.17) is 16.0 Å². The molecule has 0 bridgehead atoms. The van der Waals surface area contributed by atoms with Crippen molar-refractivity contribution in [1.29, 1.82) is 0 Å². The van der Waals surface area contributed by atoms with Gasteiger partial charge in [-0.25, -0.2) is 8.42 Å². The molecule has 7 nitrogen and oxygen atoms in total. The normalized spacial score (nSPS) is 19.0. The molecule has 1 aliphatic heterocycles. The molecule has 1 aliphatic rings. The number of hydrogen-bond donors (Lipinski definition) is 0. The SMILES string of the molecule is CN(C(=O)CCc1nnc(-c2ccccc2Cl)o1)C1CCS(=O)(=O)C1.